The molecular formula is C6H3F3INO. The van der Waals surface area contributed by atoms with Gasteiger partial charge in [-0.25, -0.2) is 13.8 Å². The molecule has 1 aromatic rings. The number of hydrogen-bond acceptors (Lipinski definition) is 2. The molecule has 1 rings (SSSR count). The van der Waals surface area contributed by atoms with Crippen LogP contribution >= 0.6 is 22.6 Å². The lowest BCUT2D eigenvalue weighted by Gasteiger charge is -2.04. The lowest BCUT2D eigenvalue weighted by molar-refractivity contribution is 0.143. The fraction of sp³-hybridized carbons (Fsp3) is 0.167. The minimum Gasteiger partial charge on any atom is -0.505 e. The van der Waals surface area contributed by atoms with E-state index in [2.05, 4.69) is 4.98 Å². The highest BCUT2D eigenvalue weighted by atomic mass is 127. The highest BCUT2D eigenvalue weighted by Crippen LogP contribution is 2.31. The van der Waals surface area contributed by atoms with Gasteiger partial charge < -0.3 is 5.11 Å². The Morgan fingerprint density at radius 1 is 1.50 bits per heavy atom. The Morgan fingerprint density at radius 2 is 2.08 bits per heavy atom. The first-order valence-electron chi connectivity index (χ1n) is 2.85. The molecule has 1 heterocycles. The van der Waals surface area contributed by atoms with Crippen molar-refractivity contribution in [3.8, 4) is 5.75 Å². The molecule has 0 aliphatic carbocycles. The highest BCUT2D eigenvalue weighted by molar-refractivity contribution is 14.1. The van der Waals surface area contributed by atoms with E-state index in [0.29, 0.717) is 0 Å². The molecule has 0 radical (unpaired) electrons. The summed E-state index contributed by atoms with van der Waals surface area (Å²) in [7, 11) is 0. The highest BCUT2D eigenvalue weighted by Gasteiger charge is 2.20. The summed E-state index contributed by atoms with van der Waals surface area (Å²) in [6.07, 6.45) is -2.17. The summed E-state index contributed by atoms with van der Waals surface area (Å²) in [4.78, 5) is 2.96. The average molecular weight is 289 g/mol. The van der Waals surface area contributed by atoms with E-state index in [1.165, 1.54) is 22.6 Å². The van der Waals surface area contributed by atoms with Gasteiger partial charge in [0.15, 0.2) is 0 Å². The molecule has 0 saturated heterocycles. The fourth-order valence-electron chi connectivity index (χ4n) is 0.658. The van der Waals surface area contributed by atoms with Crippen molar-refractivity contribution < 1.29 is 18.3 Å². The Bertz CT molecular complexity index is 305. The lowest BCUT2D eigenvalue weighted by Crippen LogP contribution is -1.97. The second-order valence-corrected chi connectivity index (χ2v) is 3.04. The van der Waals surface area contributed by atoms with Crippen LogP contribution in [0.3, 0.4) is 0 Å². The smallest absolute Gasteiger partial charge is 0.269 e. The minimum absolute atomic E-state index is 0.199. The van der Waals surface area contributed by atoms with Crippen LogP contribution in [0.4, 0.5) is 13.2 Å². The Labute approximate surface area is 79.6 Å². The molecule has 0 unspecified atom stereocenters. The van der Waals surface area contributed by atoms with E-state index in [1.54, 1.807) is 0 Å². The van der Waals surface area contributed by atoms with E-state index >= 15 is 0 Å². The van der Waals surface area contributed by atoms with Gasteiger partial charge in [-0.1, -0.05) is 0 Å². The maximum Gasteiger partial charge on any atom is 0.269 e. The normalized spacial score (nSPS) is 10.8. The lowest BCUT2D eigenvalue weighted by atomic mass is 10.3. The Hall–Kier alpha value is -0.530. The predicted octanol–water partition coefficient (Wildman–Crippen LogP) is 2.47. The molecule has 0 amide bonds. The molecule has 0 aliphatic rings. The third-order valence-electron chi connectivity index (χ3n) is 1.20. The quantitative estimate of drug-likeness (QED) is 0.636. The summed E-state index contributed by atoms with van der Waals surface area (Å²) >= 11 is 1.44. The zero-order chi connectivity index (χ0) is 9.30. The zero-order valence-corrected chi connectivity index (χ0v) is 7.72. The first-order chi connectivity index (χ1) is 5.54. The van der Waals surface area contributed by atoms with E-state index < -0.39 is 23.7 Å². The van der Waals surface area contributed by atoms with E-state index in [0.717, 1.165) is 6.20 Å². The molecular weight excluding hydrogens is 286 g/mol. The number of halogens is 4. The van der Waals surface area contributed by atoms with E-state index in [1.807, 2.05) is 0 Å². The van der Waals surface area contributed by atoms with E-state index in [4.69, 9.17) is 5.11 Å². The fourth-order valence-corrected chi connectivity index (χ4v) is 1.26. The number of hydrogen-bond donors (Lipinski definition) is 1. The van der Waals surface area contributed by atoms with Crippen molar-refractivity contribution in [3.63, 3.8) is 0 Å². The van der Waals surface area contributed by atoms with Crippen LogP contribution in [-0.2, 0) is 0 Å². The summed E-state index contributed by atoms with van der Waals surface area (Å²) < 4.78 is 36.5. The van der Waals surface area contributed by atoms with Crippen molar-refractivity contribution in [2.45, 2.75) is 6.43 Å². The molecule has 0 atom stereocenters. The minimum atomic E-state index is -2.96. The Balaban J connectivity index is 3.33. The standard InChI is InChI=1S/C6H3F3INO/c7-5(8)3-4(10)2(12)1-11-6(3)9/h1,5,12H. The first-order valence-corrected chi connectivity index (χ1v) is 3.93. The van der Waals surface area contributed by atoms with Crippen molar-refractivity contribution in [1.82, 2.24) is 4.98 Å². The summed E-state index contributed by atoms with van der Waals surface area (Å²) in [5.74, 6) is -1.68. The van der Waals surface area contributed by atoms with Crippen LogP contribution in [-0.4, -0.2) is 10.1 Å². The molecule has 1 N–H and O–H groups in total. The van der Waals surface area contributed by atoms with Crippen LogP contribution in [0.2, 0.25) is 0 Å². The van der Waals surface area contributed by atoms with Gasteiger partial charge in [0.1, 0.15) is 5.75 Å². The molecule has 0 aliphatic heterocycles. The molecule has 66 valence electrons. The number of aromatic nitrogens is 1. The molecule has 0 fully saturated rings. The molecule has 0 bridgehead atoms. The van der Waals surface area contributed by atoms with Crippen LogP contribution < -0.4 is 0 Å². The summed E-state index contributed by atoms with van der Waals surface area (Å²) in [6.45, 7) is 0. The molecule has 0 spiro atoms. The second kappa shape index (κ2) is 3.46. The van der Waals surface area contributed by atoms with E-state index in [9.17, 15) is 13.2 Å². The van der Waals surface area contributed by atoms with Gasteiger partial charge in [-0.2, -0.15) is 4.39 Å². The summed E-state index contributed by atoms with van der Waals surface area (Å²) in [5.41, 5.74) is -0.851. The third-order valence-corrected chi connectivity index (χ3v) is 2.34. The number of rotatable bonds is 1. The SMILES string of the molecule is Oc1cnc(F)c(C(F)F)c1I. The average Bonchev–Trinajstić information content (AvgIpc) is 1.97. The van der Waals surface area contributed by atoms with Crippen LogP contribution in [0.25, 0.3) is 0 Å². The largest absolute Gasteiger partial charge is 0.505 e. The van der Waals surface area contributed by atoms with Gasteiger partial charge >= 0.3 is 0 Å². The van der Waals surface area contributed by atoms with Crippen molar-refractivity contribution in [2.75, 3.05) is 0 Å². The van der Waals surface area contributed by atoms with Crippen LogP contribution in [0.15, 0.2) is 6.20 Å². The van der Waals surface area contributed by atoms with Crippen LogP contribution in [0.1, 0.15) is 12.0 Å². The molecule has 1 aromatic heterocycles. The molecule has 0 saturated carbocycles. The van der Waals surface area contributed by atoms with Crippen LogP contribution in [0.5, 0.6) is 5.75 Å². The van der Waals surface area contributed by atoms with E-state index in [-0.39, 0.29) is 3.57 Å². The van der Waals surface area contributed by atoms with Gasteiger partial charge in [0.2, 0.25) is 5.95 Å². The summed E-state index contributed by atoms with van der Waals surface area (Å²) in [5, 5.41) is 8.90. The number of pyridine rings is 1. The molecule has 6 heteroatoms. The monoisotopic (exact) mass is 289 g/mol. The molecule has 12 heavy (non-hydrogen) atoms. The van der Waals surface area contributed by atoms with Crippen LogP contribution in [0, 0.1) is 9.52 Å². The second-order valence-electron chi connectivity index (χ2n) is 1.96. The summed E-state index contributed by atoms with van der Waals surface area (Å²) in [6, 6.07) is 0. The zero-order valence-electron chi connectivity index (χ0n) is 5.56. The predicted molar refractivity (Wildman–Crippen MR) is 43.5 cm³/mol. The maximum absolute atomic E-state index is 12.6. The Kier molecular flexibility index (Phi) is 2.76. The van der Waals surface area contributed by atoms with Gasteiger partial charge in [-0.3, -0.25) is 0 Å². The molecule has 0 aromatic carbocycles. The van der Waals surface area contributed by atoms with Gasteiger partial charge in [0.05, 0.1) is 15.3 Å². The van der Waals surface area contributed by atoms with Gasteiger partial charge in [0, 0.05) is 0 Å². The van der Waals surface area contributed by atoms with Gasteiger partial charge in [0.25, 0.3) is 6.43 Å². The van der Waals surface area contributed by atoms with Gasteiger partial charge in [-0.15, -0.1) is 0 Å². The topological polar surface area (TPSA) is 33.1 Å². The number of nitrogens with zero attached hydrogens (tertiary/aromatic N) is 1. The maximum atomic E-state index is 12.6. The van der Waals surface area contributed by atoms with Gasteiger partial charge in [-0.05, 0) is 22.6 Å². The molecule has 2 nitrogen and oxygen atoms in total. The van der Waals surface area contributed by atoms with Crippen molar-refractivity contribution >= 4 is 22.6 Å². The third kappa shape index (κ3) is 1.62. The van der Waals surface area contributed by atoms with Crippen molar-refractivity contribution in [3.05, 3.63) is 21.3 Å². The Morgan fingerprint density at radius 3 is 2.50 bits per heavy atom. The van der Waals surface area contributed by atoms with Crippen molar-refractivity contribution in [1.29, 1.82) is 0 Å². The van der Waals surface area contributed by atoms with Crippen molar-refractivity contribution in [2.24, 2.45) is 0 Å². The number of aromatic hydroxyl groups is 1. The number of alkyl halides is 2. The first kappa shape index (κ1) is 9.56.